The molecule has 16 heavy (non-hydrogen) atoms. The number of aromatic nitrogens is 2. The van der Waals surface area contributed by atoms with Crippen LogP contribution in [0.2, 0.25) is 5.15 Å². The molecule has 1 aliphatic heterocycles. The molecule has 2 rings (SSSR count). The molecule has 1 unspecified atom stereocenters. The second-order valence-electron chi connectivity index (χ2n) is 4.18. The number of rotatable bonds is 2. The average Bonchev–Trinajstić information content (AvgIpc) is 2.70. The lowest BCUT2D eigenvalue weighted by atomic mass is 9.89. The van der Waals surface area contributed by atoms with Crippen LogP contribution in [0, 0.1) is 5.41 Å². The van der Waals surface area contributed by atoms with E-state index in [1.165, 1.54) is 0 Å². The van der Waals surface area contributed by atoms with Gasteiger partial charge in [-0.1, -0.05) is 11.6 Å². The molecule has 1 saturated heterocycles. The molecule has 1 aliphatic rings. The minimum atomic E-state index is -0.360. The summed E-state index contributed by atoms with van der Waals surface area (Å²) in [5.41, 5.74) is -0.360. The van der Waals surface area contributed by atoms with Crippen LogP contribution < -0.4 is 10.6 Å². The van der Waals surface area contributed by atoms with Gasteiger partial charge in [-0.25, -0.2) is 0 Å². The molecule has 0 aliphatic carbocycles. The Labute approximate surface area is 98.6 Å². The first-order chi connectivity index (χ1) is 7.60. The van der Waals surface area contributed by atoms with E-state index in [1.54, 1.807) is 12.1 Å². The highest BCUT2D eigenvalue weighted by Gasteiger charge is 2.36. The number of hydrogen-bond donors (Lipinski definition) is 2. The van der Waals surface area contributed by atoms with Gasteiger partial charge in [0.05, 0.1) is 5.41 Å². The summed E-state index contributed by atoms with van der Waals surface area (Å²) in [4.78, 5) is 12.0. The van der Waals surface area contributed by atoms with Crippen LogP contribution in [-0.2, 0) is 4.79 Å². The molecule has 1 fully saturated rings. The lowest BCUT2D eigenvalue weighted by Gasteiger charge is -2.20. The van der Waals surface area contributed by atoms with E-state index in [1.807, 2.05) is 6.92 Å². The normalized spacial score (nSPS) is 24.4. The summed E-state index contributed by atoms with van der Waals surface area (Å²) < 4.78 is 0. The van der Waals surface area contributed by atoms with E-state index in [4.69, 9.17) is 11.6 Å². The van der Waals surface area contributed by atoms with Gasteiger partial charge in [0.1, 0.15) is 0 Å². The minimum absolute atomic E-state index is 0.0332. The maximum Gasteiger partial charge on any atom is 0.232 e. The number of carbonyl (C=O) groups is 1. The van der Waals surface area contributed by atoms with Crippen molar-refractivity contribution < 1.29 is 4.79 Å². The molecule has 0 radical (unpaired) electrons. The average molecular weight is 241 g/mol. The Morgan fingerprint density at radius 1 is 1.56 bits per heavy atom. The van der Waals surface area contributed by atoms with Gasteiger partial charge >= 0.3 is 0 Å². The zero-order chi connectivity index (χ0) is 11.6. The number of amides is 1. The Bertz CT molecular complexity index is 386. The van der Waals surface area contributed by atoms with Crippen LogP contribution in [0.3, 0.4) is 0 Å². The van der Waals surface area contributed by atoms with Crippen LogP contribution >= 0.6 is 11.6 Å². The lowest BCUT2D eigenvalue weighted by Crippen LogP contribution is -2.35. The van der Waals surface area contributed by atoms with Crippen LogP contribution in [0.1, 0.15) is 13.3 Å². The van der Waals surface area contributed by atoms with Gasteiger partial charge in [-0.3, -0.25) is 4.79 Å². The number of hydrogen-bond acceptors (Lipinski definition) is 4. The third-order valence-electron chi connectivity index (χ3n) is 2.79. The standard InChI is InChI=1S/C10H13ClN4O/c1-10(4-5-12-6-10)9(16)13-8-3-2-7(11)14-15-8/h2-3,12H,4-6H2,1H3,(H,13,15,16). The topological polar surface area (TPSA) is 66.9 Å². The van der Waals surface area contributed by atoms with Gasteiger partial charge in [-0.15, -0.1) is 10.2 Å². The van der Waals surface area contributed by atoms with Crippen LogP contribution in [0.15, 0.2) is 12.1 Å². The molecule has 0 bridgehead atoms. The maximum absolute atomic E-state index is 12.0. The Morgan fingerprint density at radius 2 is 2.38 bits per heavy atom. The van der Waals surface area contributed by atoms with Gasteiger partial charge in [0.25, 0.3) is 0 Å². The first-order valence-corrected chi connectivity index (χ1v) is 5.49. The lowest BCUT2D eigenvalue weighted by molar-refractivity contribution is -0.123. The van der Waals surface area contributed by atoms with Crippen molar-refractivity contribution in [2.24, 2.45) is 5.41 Å². The Hall–Kier alpha value is -1.20. The number of carbonyl (C=O) groups excluding carboxylic acids is 1. The largest absolute Gasteiger partial charge is 0.316 e. The van der Waals surface area contributed by atoms with Crippen molar-refractivity contribution in [2.75, 3.05) is 18.4 Å². The van der Waals surface area contributed by atoms with Crippen LogP contribution in [-0.4, -0.2) is 29.2 Å². The Kier molecular flexibility index (Phi) is 3.07. The zero-order valence-electron chi connectivity index (χ0n) is 8.96. The fourth-order valence-corrected chi connectivity index (χ4v) is 1.76. The van der Waals surface area contributed by atoms with Crippen molar-refractivity contribution in [3.05, 3.63) is 17.3 Å². The molecular formula is C10H13ClN4O. The second-order valence-corrected chi connectivity index (χ2v) is 4.57. The number of nitrogens with zero attached hydrogens (tertiary/aromatic N) is 2. The van der Waals surface area contributed by atoms with Gasteiger partial charge in [0, 0.05) is 6.54 Å². The van der Waals surface area contributed by atoms with Crippen molar-refractivity contribution in [1.29, 1.82) is 0 Å². The molecular weight excluding hydrogens is 228 g/mol. The summed E-state index contributed by atoms with van der Waals surface area (Å²) in [6.07, 6.45) is 0.833. The molecule has 5 nitrogen and oxygen atoms in total. The third kappa shape index (κ3) is 2.31. The van der Waals surface area contributed by atoms with E-state index in [0.717, 1.165) is 13.0 Å². The van der Waals surface area contributed by atoms with Crippen LogP contribution in [0.4, 0.5) is 5.82 Å². The van der Waals surface area contributed by atoms with Crippen LogP contribution in [0.25, 0.3) is 0 Å². The zero-order valence-corrected chi connectivity index (χ0v) is 9.71. The van der Waals surface area contributed by atoms with Crippen molar-refractivity contribution in [2.45, 2.75) is 13.3 Å². The Balaban J connectivity index is 2.04. The maximum atomic E-state index is 12.0. The SMILES string of the molecule is CC1(C(=O)Nc2ccc(Cl)nn2)CCNC1. The van der Waals surface area contributed by atoms with Gasteiger partial charge in [-0.2, -0.15) is 0 Å². The summed E-state index contributed by atoms with van der Waals surface area (Å²) in [6.45, 7) is 3.50. The molecule has 0 saturated carbocycles. The van der Waals surface area contributed by atoms with Crippen molar-refractivity contribution in [3.63, 3.8) is 0 Å². The molecule has 6 heteroatoms. The van der Waals surface area contributed by atoms with Gasteiger partial charge in [0.15, 0.2) is 11.0 Å². The first-order valence-electron chi connectivity index (χ1n) is 5.12. The Morgan fingerprint density at radius 3 is 2.94 bits per heavy atom. The highest BCUT2D eigenvalue weighted by Crippen LogP contribution is 2.25. The predicted octanol–water partition coefficient (Wildman–Crippen LogP) is 1.07. The number of nitrogens with one attached hydrogen (secondary N) is 2. The first kappa shape index (κ1) is 11.3. The van der Waals surface area contributed by atoms with Gasteiger partial charge in [0.2, 0.25) is 5.91 Å². The molecule has 1 aromatic rings. The van der Waals surface area contributed by atoms with E-state index in [9.17, 15) is 4.79 Å². The smallest absolute Gasteiger partial charge is 0.232 e. The van der Waals surface area contributed by atoms with Crippen molar-refractivity contribution >= 4 is 23.3 Å². The molecule has 1 aromatic heterocycles. The van der Waals surface area contributed by atoms with Crippen molar-refractivity contribution in [3.8, 4) is 0 Å². The molecule has 1 amide bonds. The fourth-order valence-electron chi connectivity index (χ4n) is 1.66. The van der Waals surface area contributed by atoms with Crippen LogP contribution in [0.5, 0.6) is 0 Å². The summed E-state index contributed by atoms with van der Waals surface area (Å²) in [7, 11) is 0. The van der Waals surface area contributed by atoms with E-state index >= 15 is 0 Å². The van der Waals surface area contributed by atoms with E-state index in [-0.39, 0.29) is 11.3 Å². The quantitative estimate of drug-likeness (QED) is 0.812. The highest BCUT2D eigenvalue weighted by atomic mass is 35.5. The van der Waals surface area contributed by atoms with Crippen molar-refractivity contribution in [1.82, 2.24) is 15.5 Å². The molecule has 2 N–H and O–H groups in total. The highest BCUT2D eigenvalue weighted by molar-refractivity contribution is 6.29. The van der Waals surface area contributed by atoms with E-state index in [2.05, 4.69) is 20.8 Å². The molecule has 1 atom stereocenters. The minimum Gasteiger partial charge on any atom is -0.316 e. The molecule has 0 spiro atoms. The molecule has 0 aromatic carbocycles. The van der Waals surface area contributed by atoms with Gasteiger partial charge < -0.3 is 10.6 Å². The van der Waals surface area contributed by atoms with Gasteiger partial charge in [-0.05, 0) is 32.0 Å². The summed E-state index contributed by atoms with van der Waals surface area (Å²) in [5.74, 6) is 0.400. The monoisotopic (exact) mass is 240 g/mol. The summed E-state index contributed by atoms with van der Waals surface area (Å²) in [6, 6.07) is 3.23. The van der Waals surface area contributed by atoms with E-state index in [0.29, 0.717) is 17.5 Å². The fraction of sp³-hybridized carbons (Fsp3) is 0.500. The second kappa shape index (κ2) is 4.35. The summed E-state index contributed by atoms with van der Waals surface area (Å²) >= 11 is 5.61. The summed E-state index contributed by atoms with van der Waals surface area (Å²) in [5, 5.41) is 13.7. The number of anilines is 1. The molecule has 2 heterocycles. The molecule has 86 valence electrons. The predicted molar refractivity (Wildman–Crippen MR) is 61.3 cm³/mol. The van der Waals surface area contributed by atoms with E-state index < -0.39 is 0 Å². The third-order valence-corrected chi connectivity index (χ3v) is 2.99. The number of halogens is 1.